The van der Waals surface area contributed by atoms with E-state index in [0.717, 1.165) is 24.3 Å². The third kappa shape index (κ3) is 4.55. The zero-order valence-electron chi connectivity index (χ0n) is 17.3. The SMILES string of the molecule is C[C@H]1CCCCN1Cc1ccccc1CNC(=O)c1c[nH]c(=S)n1-c1ccccc1. The van der Waals surface area contributed by atoms with Crippen molar-refractivity contribution in [1.29, 1.82) is 0 Å². The molecule has 0 radical (unpaired) electrons. The standard InChI is InChI=1S/C24H28N4OS/c1-18-9-7-8-14-27(18)17-20-11-6-5-10-19(20)15-25-23(29)22-16-26-24(30)28(22)21-12-3-2-4-13-21/h2-6,10-13,16,18H,7-9,14-15,17H2,1H3,(H,25,29)(H,26,30)/t18-/m0/s1. The fourth-order valence-corrected chi connectivity index (χ4v) is 4.39. The average Bonchev–Trinajstić information content (AvgIpc) is 3.16. The van der Waals surface area contributed by atoms with E-state index in [-0.39, 0.29) is 5.91 Å². The maximum Gasteiger partial charge on any atom is 0.270 e. The number of H-pyrrole nitrogens is 1. The van der Waals surface area contributed by atoms with Crippen LogP contribution in [0.5, 0.6) is 0 Å². The summed E-state index contributed by atoms with van der Waals surface area (Å²) in [6, 6.07) is 18.7. The molecule has 1 atom stereocenters. The second-order valence-corrected chi connectivity index (χ2v) is 8.30. The molecule has 1 aromatic heterocycles. The molecule has 3 aromatic rings. The van der Waals surface area contributed by atoms with Crippen molar-refractivity contribution in [2.75, 3.05) is 6.54 Å². The first kappa shape index (κ1) is 20.6. The van der Waals surface area contributed by atoms with E-state index in [0.29, 0.717) is 23.1 Å². The molecule has 1 amide bonds. The number of hydrogen-bond donors (Lipinski definition) is 2. The molecule has 1 saturated heterocycles. The first-order valence-electron chi connectivity index (χ1n) is 10.6. The highest BCUT2D eigenvalue weighted by Gasteiger charge is 2.20. The van der Waals surface area contributed by atoms with E-state index in [1.807, 2.05) is 36.4 Å². The Bertz CT molecular complexity index is 1060. The van der Waals surface area contributed by atoms with Gasteiger partial charge < -0.3 is 10.3 Å². The Morgan fingerprint density at radius 1 is 1.10 bits per heavy atom. The number of nitrogens with zero attached hydrogens (tertiary/aromatic N) is 2. The molecular formula is C24H28N4OS. The van der Waals surface area contributed by atoms with Crippen LogP contribution in [0.3, 0.4) is 0 Å². The molecule has 0 aliphatic carbocycles. The maximum atomic E-state index is 13.0. The van der Waals surface area contributed by atoms with E-state index in [1.54, 1.807) is 10.8 Å². The number of amides is 1. The lowest BCUT2D eigenvalue weighted by Gasteiger charge is -2.33. The van der Waals surface area contributed by atoms with Crippen molar-refractivity contribution in [1.82, 2.24) is 19.8 Å². The summed E-state index contributed by atoms with van der Waals surface area (Å²) in [6.07, 6.45) is 5.51. The molecule has 1 fully saturated rings. The van der Waals surface area contributed by atoms with Gasteiger partial charge in [-0.15, -0.1) is 0 Å². The van der Waals surface area contributed by atoms with Crippen molar-refractivity contribution in [3.8, 4) is 5.69 Å². The number of aromatic amines is 1. The number of nitrogens with one attached hydrogen (secondary N) is 2. The number of carbonyl (C=O) groups is 1. The third-order valence-electron chi connectivity index (χ3n) is 5.90. The van der Waals surface area contributed by atoms with Crippen LogP contribution in [0.15, 0.2) is 60.8 Å². The average molecular weight is 421 g/mol. The Morgan fingerprint density at radius 3 is 2.60 bits per heavy atom. The fraction of sp³-hybridized carbons (Fsp3) is 0.333. The second kappa shape index (κ2) is 9.41. The van der Waals surface area contributed by atoms with Crippen LogP contribution in [0.4, 0.5) is 0 Å². The Labute approximate surface area is 182 Å². The van der Waals surface area contributed by atoms with E-state index >= 15 is 0 Å². The van der Waals surface area contributed by atoms with Crippen LogP contribution in [0.1, 0.15) is 47.8 Å². The summed E-state index contributed by atoms with van der Waals surface area (Å²) >= 11 is 5.40. The Balaban J connectivity index is 1.49. The lowest BCUT2D eigenvalue weighted by atomic mass is 10.0. The molecule has 4 rings (SSSR count). The van der Waals surface area contributed by atoms with Crippen molar-refractivity contribution < 1.29 is 4.79 Å². The zero-order chi connectivity index (χ0) is 20.9. The summed E-state index contributed by atoms with van der Waals surface area (Å²) in [5.41, 5.74) is 3.81. The normalized spacial score (nSPS) is 17.0. The topological polar surface area (TPSA) is 53.1 Å². The van der Waals surface area contributed by atoms with Crippen LogP contribution in [0, 0.1) is 4.77 Å². The Hall–Kier alpha value is -2.70. The van der Waals surface area contributed by atoms with Gasteiger partial charge in [0, 0.05) is 31.0 Å². The minimum atomic E-state index is -0.146. The van der Waals surface area contributed by atoms with E-state index in [1.165, 1.54) is 24.8 Å². The highest BCUT2D eigenvalue weighted by atomic mass is 32.1. The largest absolute Gasteiger partial charge is 0.347 e. The number of hydrogen-bond acceptors (Lipinski definition) is 3. The molecule has 2 heterocycles. The van der Waals surface area contributed by atoms with E-state index in [2.05, 4.69) is 40.3 Å². The van der Waals surface area contributed by atoms with Crippen LogP contribution >= 0.6 is 12.2 Å². The number of para-hydroxylation sites is 1. The molecule has 0 saturated carbocycles. The van der Waals surface area contributed by atoms with Crippen molar-refractivity contribution in [3.63, 3.8) is 0 Å². The number of benzene rings is 2. The number of likely N-dealkylation sites (tertiary alicyclic amines) is 1. The summed E-state index contributed by atoms with van der Waals surface area (Å²) in [7, 11) is 0. The predicted octanol–water partition coefficient (Wildman–Crippen LogP) is 4.84. The molecule has 0 bridgehead atoms. The van der Waals surface area contributed by atoms with Gasteiger partial charge in [0.25, 0.3) is 5.91 Å². The van der Waals surface area contributed by atoms with Gasteiger partial charge in [-0.3, -0.25) is 14.3 Å². The summed E-state index contributed by atoms with van der Waals surface area (Å²) in [5.74, 6) is -0.146. The van der Waals surface area contributed by atoms with Crippen LogP contribution in [-0.2, 0) is 13.1 Å². The molecule has 156 valence electrons. The quantitative estimate of drug-likeness (QED) is 0.561. The van der Waals surface area contributed by atoms with E-state index in [9.17, 15) is 4.79 Å². The molecule has 0 unspecified atom stereocenters. The van der Waals surface area contributed by atoms with E-state index in [4.69, 9.17) is 12.2 Å². The summed E-state index contributed by atoms with van der Waals surface area (Å²) in [6.45, 7) is 4.87. The van der Waals surface area contributed by atoms with Crippen molar-refractivity contribution >= 4 is 18.1 Å². The lowest BCUT2D eigenvalue weighted by Crippen LogP contribution is -2.37. The molecule has 0 spiro atoms. The predicted molar refractivity (Wildman–Crippen MR) is 122 cm³/mol. The smallest absolute Gasteiger partial charge is 0.270 e. The van der Waals surface area contributed by atoms with Crippen molar-refractivity contribution in [2.24, 2.45) is 0 Å². The van der Waals surface area contributed by atoms with Gasteiger partial charge in [0.2, 0.25) is 0 Å². The summed E-state index contributed by atoms with van der Waals surface area (Å²) < 4.78 is 2.28. The van der Waals surface area contributed by atoms with Gasteiger partial charge in [-0.1, -0.05) is 48.9 Å². The number of imidazole rings is 1. The Morgan fingerprint density at radius 2 is 1.83 bits per heavy atom. The summed E-state index contributed by atoms with van der Waals surface area (Å²) in [4.78, 5) is 18.5. The van der Waals surface area contributed by atoms with Crippen LogP contribution in [0.2, 0.25) is 0 Å². The maximum absolute atomic E-state index is 13.0. The highest BCUT2D eigenvalue weighted by Crippen LogP contribution is 2.21. The van der Waals surface area contributed by atoms with Gasteiger partial charge in [0.05, 0.1) is 0 Å². The molecule has 2 N–H and O–H groups in total. The molecule has 2 aromatic carbocycles. The van der Waals surface area contributed by atoms with Gasteiger partial charge in [0.15, 0.2) is 4.77 Å². The minimum Gasteiger partial charge on any atom is -0.347 e. The monoisotopic (exact) mass is 420 g/mol. The molecular weight excluding hydrogens is 392 g/mol. The van der Waals surface area contributed by atoms with Crippen LogP contribution < -0.4 is 5.32 Å². The molecule has 6 heteroatoms. The van der Waals surface area contributed by atoms with Gasteiger partial charge in [-0.05, 0) is 61.8 Å². The molecule has 1 aliphatic rings. The van der Waals surface area contributed by atoms with Gasteiger partial charge in [-0.25, -0.2) is 0 Å². The van der Waals surface area contributed by atoms with Crippen LogP contribution in [-0.4, -0.2) is 32.9 Å². The first-order valence-corrected chi connectivity index (χ1v) is 11.0. The third-order valence-corrected chi connectivity index (χ3v) is 6.20. The number of aromatic nitrogens is 2. The fourth-order valence-electron chi connectivity index (χ4n) is 4.13. The van der Waals surface area contributed by atoms with Crippen LogP contribution in [0.25, 0.3) is 5.69 Å². The van der Waals surface area contributed by atoms with Gasteiger partial charge >= 0.3 is 0 Å². The molecule has 30 heavy (non-hydrogen) atoms. The highest BCUT2D eigenvalue weighted by molar-refractivity contribution is 7.71. The molecule has 5 nitrogen and oxygen atoms in total. The number of rotatable bonds is 6. The number of carbonyl (C=O) groups excluding carboxylic acids is 1. The van der Waals surface area contributed by atoms with Gasteiger partial charge in [0.1, 0.15) is 5.69 Å². The lowest BCUT2D eigenvalue weighted by molar-refractivity contribution is 0.0943. The number of piperidine rings is 1. The van der Waals surface area contributed by atoms with E-state index < -0.39 is 0 Å². The zero-order valence-corrected chi connectivity index (χ0v) is 18.1. The van der Waals surface area contributed by atoms with Crippen molar-refractivity contribution in [3.05, 3.63) is 82.4 Å². The Kier molecular flexibility index (Phi) is 6.45. The first-order chi connectivity index (χ1) is 14.6. The van der Waals surface area contributed by atoms with Gasteiger partial charge in [-0.2, -0.15) is 0 Å². The second-order valence-electron chi connectivity index (χ2n) is 7.92. The van der Waals surface area contributed by atoms with Crippen molar-refractivity contribution in [2.45, 2.75) is 45.3 Å². The minimum absolute atomic E-state index is 0.146. The molecule has 1 aliphatic heterocycles. The summed E-state index contributed by atoms with van der Waals surface area (Å²) in [5, 5.41) is 3.08.